The van der Waals surface area contributed by atoms with Crippen LogP contribution in [0.5, 0.6) is 5.75 Å². The number of hydrogen-bond acceptors (Lipinski definition) is 2. The standard InChI is InChI=1S/C12H15I3OS/c1-2-3-8(7-17)6-16-12-10(14)4-9(13)5-11(12)15/h4-5,8,17H,2-3,6-7H2,1H3. The number of halogens is 3. The van der Waals surface area contributed by atoms with Crippen molar-refractivity contribution in [3.05, 3.63) is 22.8 Å². The average molecular weight is 588 g/mol. The Hall–Kier alpha value is 1.56. The summed E-state index contributed by atoms with van der Waals surface area (Å²) in [6.45, 7) is 2.97. The van der Waals surface area contributed by atoms with Gasteiger partial charge in [0.25, 0.3) is 0 Å². The van der Waals surface area contributed by atoms with Gasteiger partial charge in [-0.1, -0.05) is 13.3 Å². The Labute approximate surface area is 150 Å². The molecule has 0 heterocycles. The van der Waals surface area contributed by atoms with Gasteiger partial charge < -0.3 is 4.74 Å². The molecule has 0 radical (unpaired) electrons. The van der Waals surface area contributed by atoms with Crippen LogP contribution in [0.25, 0.3) is 0 Å². The summed E-state index contributed by atoms with van der Waals surface area (Å²) in [5, 5.41) is 0. The predicted octanol–water partition coefficient (Wildman–Crippen LogP) is 5.23. The minimum atomic E-state index is 0.550. The van der Waals surface area contributed by atoms with Crippen LogP contribution in [0.15, 0.2) is 12.1 Å². The zero-order valence-corrected chi connectivity index (χ0v) is 16.9. The summed E-state index contributed by atoms with van der Waals surface area (Å²) >= 11 is 11.4. The Bertz CT molecular complexity index is 348. The van der Waals surface area contributed by atoms with Crippen molar-refractivity contribution in [1.29, 1.82) is 0 Å². The van der Waals surface area contributed by atoms with Crippen LogP contribution in [0, 0.1) is 16.6 Å². The SMILES string of the molecule is CCCC(CS)COc1c(I)cc(I)cc1I. The average Bonchev–Trinajstić information content (AvgIpc) is 2.26. The maximum Gasteiger partial charge on any atom is 0.146 e. The van der Waals surface area contributed by atoms with Gasteiger partial charge in [0, 0.05) is 9.49 Å². The summed E-state index contributed by atoms with van der Waals surface area (Å²) in [6.07, 6.45) is 2.37. The first kappa shape index (κ1) is 16.6. The van der Waals surface area contributed by atoms with Gasteiger partial charge in [0.2, 0.25) is 0 Å². The number of benzene rings is 1. The van der Waals surface area contributed by atoms with E-state index < -0.39 is 0 Å². The van der Waals surface area contributed by atoms with E-state index in [0.717, 1.165) is 18.1 Å². The maximum atomic E-state index is 5.96. The lowest BCUT2D eigenvalue weighted by atomic mass is 10.1. The van der Waals surface area contributed by atoms with E-state index >= 15 is 0 Å². The molecule has 1 aromatic carbocycles. The number of rotatable bonds is 6. The monoisotopic (exact) mass is 588 g/mol. The van der Waals surface area contributed by atoms with Gasteiger partial charge in [0.15, 0.2) is 0 Å². The Kier molecular flexibility index (Phi) is 8.48. The van der Waals surface area contributed by atoms with Crippen LogP contribution in [-0.2, 0) is 0 Å². The van der Waals surface area contributed by atoms with Gasteiger partial charge >= 0.3 is 0 Å². The first-order valence-electron chi connectivity index (χ1n) is 5.46. The highest BCUT2D eigenvalue weighted by atomic mass is 127. The molecule has 0 aliphatic rings. The highest BCUT2D eigenvalue weighted by Gasteiger charge is 2.11. The van der Waals surface area contributed by atoms with Crippen molar-refractivity contribution in [1.82, 2.24) is 0 Å². The van der Waals surface area contributed by atoms with E-state index in [1.807, 2.05) is 0 Å². The molecule has 0 aromatic heterocycles. The van der Waals surface area contributed by atoms with Gasteiger partial charge in [-0.05, 0) is 92.1 Å². The van der Waals surface area contributed by atoms with E-state index in [0.29, 0.717) is 5.92 Å². The fourth-order valence-electron chi connectivity index (χ4n) is 1.50. The van der Waals surface area contributed by atoms with Crippen molar-refractivity contribution in [2.24, 2.45) is 5.92 Å². The van der Waals surface area contributed by atoms with Crippen LogP contribution in [0.2, 0.25) is 0 Å². The van der Waals surface area contributed by atoms with E-state index in [1.165, 1.54) is 23.6 Å². The third-order valence-electron chi connectivity index (χ3n) is 2.38. The second kappa shape index (κ2) is 8.68. The second-order valence-corrected chi connectivity index (χ2v) is 7.78. The molecule has 96 valence electrons. The molecule has 0 spiro atoms. The van der Waals surface area contributed by atoms with Gasteiger partial charge in [0.1, 0.15) is 5.75 Å². The van der Waals surface area contributed by atoms with Gasteiger partial charge in [-0.2, -0.15) is 12.6 Å². The van der Waals surface area contributed by atoms with E-state index in [4.69, 9.17) is 4.74 Å². The smallest absolute Gasteiger partial charge is 0.146 e. The summed E-state index contributed by atoms with van der Waals surface area (Å²) in [5.74, 6) is 2.47. The van der Waals surface area contributed by atoms with E-state index in [2.05, 4.69) is 99.5 Å². The normalized spacial score (nSPS) is 12.5. The molecule has 5 heteroatoms. The minimum absolute atomic E-state index is 0.550. The molecule has 0 N–H and O–H groups in total. The molecular weight excluding hydrogens is 573 g/mol. The first-order chi connectivity index (χ1) is 8.08. The van der Waals surface area contributed by atoms with E-state index in [1.54, 1.807) is 0 Å². The zero-order valence-electron chi connectivity index (χ0n) is 9.55. The zero-order chi connectivity index (χ0) is 12.8. The molecule has 0 saturated heterocycles. The van der Waals surface area contributed by atoms with Crippen LogP contribution < -0.4 is 4.74 Å². The van der Waals surface area contributed by atoms with Crippen molar-refractivity contribution in [2.75, 3.05) is 12.4 Å². The predicted molar refractivity (Wildman–Crippen MR) is 102 cm³/mol. The molecule has 1 rings (SSSR count). The quantitative estimate of drug-likeness (QED) is 0.355. The lowest BCUT2D eigenvalue weighted by Crippen LogP contribution is -2.14. The Morgan fingerprint density at radius 1 is 1.24 bits per heavy atom. The molecule has 1 nitrogen and oxygen atoms in total. The third kappa shape index (κ3) is 5.60. The lowest BCUT2D eigenvalue weighted by Gasteiger charge is -2.16. The maximum absolute atomic E-state index is 5.96. The van der Waals surface area contributed by atoms with Crippen molar-refractivity contribution >= 4 is 80.4 Å². The summed E-state index contributed by atoms with van der Waals surface area (Å²) in [6, 6.07) is 4.29. The highest BCUT2D eigenvalue weighted by Crippen LogP contribution is 2.30. The van der Waals surface area contributed by atoms with Crippen LogP contribution in [0.1, 0.15) is 19.8 Å². The fourth-order valence-corrected chi connectivity index (χ4v) is 5.69. The lowest BCUT2D eigenvalue weighted by molar-refractivity contribution is 0.251. The Morgan fingerprint density at radius 3 is 2.29 bits per heavy atom. The van der Waals surface area contributed by atoms with Crippen molar-refractivity contribution < 1.29 is 4.74 Å². The number of thiol groups is 1. The van der Waals surface area contributed by atoms with Crippen LogP contribution >= 0.6 is 80.4 Å². The van der Waals surface area contributed by atoms with E-state index in [9.17, 15) is 0 Å². The van der Waals surface area contributed by atoms with Crippen molar-refractivity contribution in [2.45, 2.75) is 19.8 Å². The van der Waals surface area contributed by atoms with Gasteiger partial charge in [0.05, 0.1) is 13.7 Å². The third-order valence-corrected chi connectivity index (χ3v) is 5.12. The molecule has 0 bridgehead atoms. The highest BCUT2D eigenvalue weighted by molar-refractivity contribution is 14.1. The van der Waals surface area contributed by atoms with Gasteiger partial charge in [-0.3, -0.25) is 0 Å². The fraction of sp³-hybridized carbons (Fsp3) is 0.500. The van der Waals surface area contributed by atoms with Crippen LogP contribution in [0.3, 0.4) is 0 Å². The molecule has 0 saturated carbocycles. The molecule has 0 amide bonds. The van der Waals surface area contributed by atoms with Crippen molar-refractivity contribution in [3.8, 4) is 5.75 Å². The molecule has 1 unspecified atom stereocenters. The molecular formula is C12H15I3OS. The summed E-state index contributed by atoms with van der Waals surface area (Å²) in [5.41, 5.74) is 0. The number of hydrogen-bond donors (Lipinski definition) is 1. The van der Waals surface area contributed by atoms with Gasteiger partial charge in [-0.15, -0.1) is 0 Å². The molecule has 0 aliphatic heterocycles. The largest absolute Gasteiger partial charge is 0.491 e. The molecule has 0 aliphatic carbocycles. The summed E-state index contributed by atoms with van der Waals surface area (Å²) in [7, 11) is 0. The molecule has 0 fully saturated rings. The Morgan fingerprint density at radius 2 is 1.82 bits per heavy atom. The van der Waals surface area contributed by atoms with E-state index in [-0.39, 0.29) is 0 Å². The molecule has 1 atom stereocenters. The first-order valence-corrected chi connectivity index (χ1v) is 9.33. The van der Waals surface area contributed by atoms with Gasteiger partial charge in [-0.25, -0.2) is 0 Å². The summed E-state index contributed by atoms with van der Waals surface area (Å²) in [4.78, 5) is 0. The summed E-state index contributed by atoms with van der Waals surface area (Å²) < 4.78 is 9.59. The van der Waals surface area contributed by atoms with Crippen LogP contribution in [-0.4, -0.2) is 12.4 Å². The number of ether oxygens (including phenoxy) is 1. The topological polar surface area (TPSA) is 9.23 Å². The molecule has 17 heavy (non-hydrogen) atoms. The van der Waals surface area contributed by atoms with Crippen molar-refractivity contribution in [3.63, 3.8) is 0 Å². The molecule has 1 aromatic rings. The Balaban J connectivity index is 2.68. The minimum Gasteiger partial charge on any atom is -0.491 e. The van der Waals surface area contributed by atoms with Crippen LogP contribution in [0.4, 0.5) is 0 Å². The second-order valence-electron chi connectivity index (χ2n) is 3.85.